The van der Waals surface area contributed by atoms with E-state index in [9.17, 15) is 10.1 Å². The van der Waals surface area contributed by atoms with Gasteiger partial charge in [-0.1, -0.05) is 29.3 Å². The van der Waals surface area contributed by atoms with Crippen molar-refractivity contribution in [3.63, 3.8) is 0 Å². The van der Waals surface area contributed by atoms with E-state index in [1.807, 2.05) is 31.2 Å². The van der Waals surface area contributed by atoms with Crippen molar-refractivity contribution in [1.29, 1.82) is 0 Å². The van der Waals surface area contributed by atoms with Crippen LogP contribution in [0.25, 0.3) is 11.5 Å². The van der Waals surface area contributed by atoms with Crippen LogP contribution in [0.3, 0.4) is 0 Å². The topological polar surface area (TPSA) is 91.3 Å². The lowest BCUT2D eigenvalue weighted by molar-refractivity contribution is -0.384. The predicted octanol–water partition coefficient (Wildman–Crippen LogP) is 4.75. The first-order chi connectivity index (χ1) is 11.9. The van der Waals surface area contributed by atoms with Crippen LogP contribution < -0.4 is 4.74 Å². The number of nitro benzene ring substituents is 1. The second-order valence-electron chi connectivity index (χ2n) is 5.44. The molecule has 0 aliphatic rings. The van der Waals surface area contributed by atoms with Gasteiger partial charge in [-0.3, -0.25) is 10.1 Å². The minimum absolute atomic E-state index is 0.107. The molecule has 2 aromatic carbocycles. The fourth-order valence-corrected chi connectivity index (χ4v) is 2.37. The highest BCUT2D eigenvalue weighted by Gasteiger charge is 2.19. The Morgan fingerprint density at radius 3 is 2.56 bits per heavy atom. The number of nitro groups is 1. The summed E-state index contributed by atoms with van der Waals surface area (Å²) in [7, 11) is 0. The van der Waals surface area contributed by atoms with E-state index in [0.717, 1.165) is 11.1 Å². The minimum Gasteiger partial charge on any atom is -0.479 e. The number of aromatic nitrogens is 2. The lowest BCUT2D eigenvalue weighted by atomic mass is 10.1. The van der Waals surface area contributed by atoms with Crippen LogP contribution in [-0.2, 0) is 0 Å². The lowest BCUT2D eigenvalue weighted by Crippen LogP contribution is -2.04. The van der Waals surface area contributed by atoms with Crippen molar-refractivity contribution in [2.75, 3.05) is 0 Å². The van der Waals surface area contributed by atoms with Gasteiger partial charge in [-0.05, 0) is 32.0 Å². The molecule has 128 valence electrons. The van der Waals surface area contributed by atoms with Crippen molar-refractivity contribution in [2.24, 2.45) is 0 Å². The van der Waals surface area contributed by atoms with Crippen LogP contribution in [0.4, 0.5) is 5.69 Å². The molecule has 0 fully saturated rings. The van der Waals surface area contributed by atoms with Crippen LogP contribution in [-0.4, -0.2) is 15.1 Å². The Kier molecular flexibility index (Phi) is 4.67. The molecule has 8 heteroatoms. The van der Waals surface area contributed by atoms with E-state index in [1.54, 1.807) is 6.92 Å². The Labute approximate surface area is 148 Å². The molecule has 0 saturated carbocycles. The number of rotatable bonds is 5. The number of non-ortho nitro benzene ring substituents is 1. The molecule has 0 bridgehead atoms. The van der Waals surface area contributed by atoms with Crippen molar-refractivity contribution >= 4 is 17.3 Å². The molecule has 0 amide bonds. The third-order valence-electron chi connectivity index (χ3n) is 3.52. The number of halogens is 1. The van der Waals surface area contributed by atoms with Crippen LogP contribution >= 0.6 is 11.6 Å². The summed E-state index contributed by atoms with van der Waals surface area (Å²) in [6.07, 6.45) is -0.564. The summed E-state index contributed by atoms with van der Waals surface area (Å²) in [5.41, 5.74) is 1.84. The smallest absolute Gasteiger partial charge is 0.271 e. The van der Waals surface area contributed by atoms with E-state index in [4.69, 9.17) is 20.8 Å². The van der Waals surface area contributed by atoms with Crippen LogP contribution in [0.5, 0.6) is 5.75 Å². The molecule has 25 heavy (non-hydrogen) atoms. The van der Waals surface area contributed by atoms with E-state index in [1.165, 1.54) is 18.2 Å². The molecule has 0 spiro atoms. The van der Waals surface area contributed by atoms with Crippen molar-refractivity contribution in [1.82, 2.24) is 10.2 Å². The number of hydrogen-bond acceptors (Lipinski definition) is 6. The van der Waals surface area contributed by atoms with Gasteiger partial charge in [-0.15, -0.1) is 10.2 Å². The Hall–Kier alpha value is -2.93. The molecule has 1 heterocycles. The SMILES string of the molecule is Cc1ccc(-c2nnc([C@@H](C)Oc3ccc([N+](=O)[O-])cc3Cl)o2)cc1. The van der Waals surface area contributed by atoms with E-state index < -0.39 is 11.0 Å². The minimum atomic E-state index is -0.564. The highest BCUT2D eigenvalue weighted by atomic mass is 35.5. The number of benzene rings is 2. The standard InChI is InChI=1S/C17H14ClN3O4/c1-10-3-5-12(6-4-10)17-20-19-16(25-17)11(2)24-15-8-7-13(21(22)23)9-14(15)18/h3-9,11H,1-2H3/t11-/m1/s1. The average Bonchev–Trinajstić information content (AvgIpc) is 3.07. The normalized spacial score (nSPS) is 12.0. The number of ether oxygens (including phenoxy) is 1. The van der Waals surface area contributed by atoms with E-state index >= 15 is 0 Å². The summed E-state index contributed by atoms with van der Waals surface area (Å²) in [4.78, 5) is 10.2. The van der Waals surface area contributed by atoms with Gasteiger partial charge in [0.25, 0.3) is 11.6 Å². The molecule has 3 aromatic rings. The molecule has 0 N–H and O–H groups in total. The summed E-state index contributed by atoms with van der Waals surface area (Å²) in [5.74, 6) is 0.972. The predicted molar refractivity (Wildman–Crippen MR) is 91.6 cm³/mol. The van der Waals surface area contributed by atoms with Gasteiger partial charge in [0, 0.05) is 17.7 Å². The molecule has 7 nitrogen and oxygen atoms in total. The fourth-order valence-electron chi connectivity index (χ4n) is 2.15. The summed E-state index contributed by atoms with van der Waals surface area (Å²) < 4.78 is 11.3. The summed E-state index contributed by atoms with van der Waals surface area (Å²) in [6, 6.07) is 11.7. The second-order valence-corrected chi connectivity index (χ2v) is 5.85. The maximum absolute atomic E-state index is 10.7. The quantitative estimate of drug-likeness (QED) is 0.482. The average molecular weight is 360 g/mol. The third-order valence-corrected chi connectivity index (χ3v) is 3.81. The van der Waals surface area contributed by atoms with Crippen LogP contribution in [0, 0.1) is 17.0 Å². The van der Waals surface area contributed by atoms with Gasteiger partial charge < -0.3 is 9.15 Å². The maximum atomic E-state index is 10.7. The third kappa shape index (κ3) is 3.77. The van der Waals surface area contributed by atoms with Crippen molar-refractivity contribution in [3.8, 4) is 17.2 Å². The van der Waals surface area contributed by atoms with E-state index in [0.29, 0.717) is 11.6 Å². The Balaban J connectivity index is 1.77. The van der Waals surface area contributed by atoms with Gasteiger partial charge in [0.15, 0.2) is 6.10 Å². The van der Waals surface area contributed by atoms with Crippen LogP contribution in [0.2, 0.25) is 5.02 Å². The molecule has 1 aromatic heterocycles. The highest BCUT2D eigenvalue weighted by Crippen LogP contribution is 2.32. The van der Waals surface area contributed by atoms with E-state index in [2.05, 4.69) is 10.2 Å². The molecule has 0 unspecified atom stereocenters. The zero-order chi connectivity index (χ0) is 18.0. The zero-order valence-corrected chi connectivity index (χ0v) is 14.2. The largest absolute Gasteiger partial charge is 0.479 e. The Morgan fingerprint density at radius 1 is 1.20 bits per heavy atom. The first-order valence-corrected chi connectivity index (χ1v) is 7.83. The Morgan fingerprint density at radius 2 is 1.92 bits per heavy atom. The zero-order valence-electron chi connectivity index (χ0n) is 13.5. The van der Waals surface area contributed by atoms with Gasteiger partial charge in [0.05, 0.1) is 9.95 Å². The van der Waals surface area contributed by atoms with Crippen LogP contribution in [0.15, 0.2) is 46.9 Å². The first kappa shape index (κ1) is 16.9. The van der Waals surface area contributed by atoms with Gasteiger partial charge in [-0.2, -0.15) is 0 Å². The monoisotopic (exact) mass is 359 g/mol. The maximum Gasteiger partial charge on any atom is 0.271 e. The first-order valence-electron chi connectivity index (χ1n) is 7.45. The summed E-state index contributed by atoms with van der Waals surface area (Å²) >= 11 is 6.02. The highest BCUT2D eigenvalue weighted by molar-refractivity contribution is 6.32. The van der Waals surface area contributed by atoms with Crippen molar-refractivity contribution in [2.45, 2.75) is 20.0 Å². The number of hydrogen-bond donors (Lipinski definition) is 0. The fraction of sp³-hybridized carbons (Fsp3) is 0.176. The summed E-state index contributed by atoms with van der Waals surface area (Å²) in [6.45, 7) is 3.72. The molecule has 0 saturated heterocycles. The van der Waals surface area contributed by atoms with Crippen LogP contribution in [0.1, 0.15) is 24.5 Å². The van der Waals surface area contributed by atoms with Crippen molar-refractivity contribution < 1.29 is 14.1 Å². The number of nitrogens with zero attached hydrogens (tertiary/aromatic N) is 3. The molecule has 3 rings (SSSR count). The molecule has 0 aliphatic carbocycles. The summed E-state index contributed by atoms with van der Waals surface area (Å²) in [5, 5.41) is 18.9. The molecular formula is C17H14ClN3O4. The molecular weight excluding hydrogens is 346 g/mol. The molecule has 1 atom stereocenters. The Bertz CT molecular complexity index is 909. The van der Waals surface area contributed by atoms with Crippen molar-refractivity contribution in [3.05, 3.63) is 69.1 Å². The molecule has 0 radical (unpaired) electrons. The second kappa shape index (κ2) is 6.90. The molecule has 0 aliphatic heterocycles. The van der Waals surface area contributed by atoms with E-state index in [-0.39, 0.29) is 16.6 Å². The van der Waals surface area contributed by atoms with Gasteiger partial charge in [0.1, 0.15) is 5.75 Å². The van der Waals surface area contributed by atoms with Gasteiger partial charge >= 0.3 is 0 Å². The van der Waals surface area contributed by atoms with Gasteiger partial charge in [-0.25, -0.2) is 0 Å². The number of aryl methyl sites for hydroxylation is 1. The lowest BCUT2D eigenvalue weighted by Gasteiger charge is -2.12. The van der Waals surface area contributed by atoms with Gasteiger partial charge in [0.2, 0.25) is 5.89 Å².